The molecular formula is C13H16BrN3O. The van der Waals surface area contributed by atoms with Crippen molar-refractivity contribution in [3.8, 4) is 0 Å². The minimum absolute atomic E-state index is 0.0601. The van der Waals surface area contributed by atoms with Crippen LogP contribution in [0.3, 0.4) is 0 Å². The molecule has 96 valence electrons. The Hall–Kier alpha value is -0.910. The monoisotopic (exact) mass is 309 g/mol. The van der Waals surface area contributed by atoms with Crippen LogP contribution in [0.4, 0.5) is 0 Å². The summed E-state index contributed by atoms with van der Waals surface area (Å²) < 4.78 is 9.10. The molecule has 0 aliphatic carbocycles. The number of benzene rings is 1. The Balaban J connectivity index is 2.09. The molecule has 0 saturated carbocycles. The molecule has 1 aliphatic heterocycles. The molecule has 2 heterocycles. The van der Waals surface area contributed by atoms with Gasteiger partial charge in [-0.05, 0) is 25.1 Å². The number of aromatic nitrogens is 2. The Morgan fingerprint density at radius 2 is 2.44 bits per heavy atom. The van der Waals surface area contributed by atoms with Crippen LogP contribution >= 0.6 is 15.9 Å². The highest BCUT2D eigenvalue weighted by molar-refractivity contribution is 9.10. The van der Waals surface area contributed by atoms with Gasteiger partial charge in [-0.2, -0.15) is 0 Å². The van der Waals surface area contributed by atoms with Gasteiger partial charge in [0.2, 0.25) is 0 Å². The lowest BCUT2D eigenvalue weighted by Gasteiger charge is -2.23. The maximum absolute atomic E-state index is 5.81. The molecule has 5 heteroatoms. The van der Waals surface area contributed by atoms with Crippen molar-refractivity contribution in [2.45, 2.75) is 19.6 Å². The van der Waals surface area contributed by atoms with Gasteiger partial charge < -0.3 is 14.6 Å². The topological polar surface area (TPSA) is 39.1 Å². The van der Waals surface area contributed by atoms with Crippen LogP contribution in [0.25, 0.3) is 11.0 Å². The summed E-state index contributed by atoms with van der Waals surface area (Å²) in [5, 5.41) is 3.35. The Morgan fingerprint density at radius 3 is 3.17 bits per heavy atom. The van der Waals surface area contributed by atoms with Crippen LogP contribution in [0.5, 0.6) is 0 Å². The molecule has 1 aromatic heterocycles. The molecule has 1 aliphatic rings. The summed E-state index contributed by atoms with van der Waals surface area (Å²) in [6, 6.07) is 6.22. The largest absolute Gasteiger partial charge is 0.368 e. The molecule has 3 rings (SSSR count). The van der Waals surface area contributed by atoms with Gasteiger partial charge >= 0.3 is 0 Å². The molecule has 0 amide bonds. The van der Waals surface area contributed by atoms with E-state index in [1.165, 1.54) is 5.52 Å². The van der Waals surface area contributed by atoms with E-state index in [9.17, 15) is 0 Å². The first-order chi connectivity index (χ1) is 8.79. The van der Waals surface area contributed by atoms with Gasteiger partial charge in [0.15, 0.2) is 0 Å². The van der Waals surface area contributed by atoms with Crippen molar-refractivity contribution in [1.82, 2.24) is 14.9 Å². The summed E-state index contributed by atoms with van der Waals surface area (Å²) in [6.45, 7) is 5.57. The third-order valence-corrected chi connectivity index (χ3v) is 3.76. The minimum Gasteiger partial charge on any atom is -0.368 e. The van der Waals surface area contributed by atoms with Crippen LogP contribution in [0.15, 0.2) is 22.7 Å². The van der Waals surface area contributed by atoms with Gasteiger partial charge in [-0.25, -0.2) is 4.98 Å². The van der Waals surface area contributed by atoms with E-state index in [-0.39, 0.29) is 6.10 Å². The summed E-state index contributed by atoms with van der Waals surface area (Å²) in [5.74, 6) is 1.03. The summed E-state index contributed by atoms with van der Waals surface area (Å²) >= 11 is 3.49. The molecule has 2 aromatic rings. The number of halogens is 1. The second kappa shape index (κ2) is 4.99. The Kier molecular flexibility index (Phi) is 3.37. The van der Waals surface area contributed by atoms with Crippen LogP contribution in [0, 0.1) is 0 Å². The van der Waals surface area contributed by atoms with Crippen molar-refractivity contribution in [2.24, 2.45) is 0 Å². The number of rotatable bonds is 2. The van der Waals surface area contributed by atoms with Gasteiger partial charge in [-0.1, -0.05) is 15.9 Å². The molecule has 1 unspecified atom stereocenters. The number of nitrogens with one attached hydrogen (secondary N) is 1. The summed E-state index contributed by atoms with van der Waals surface area (Å²) in [5.41, 5.74) is 2.19. The first kappa shape index (κ1) is 12.1. The normalized spacial score (nSPS) is 20.4. The summed E-state index contributed by atoms with van der Waals surface area (Å²) in [6.07, 6.45) is 0.0601. The van der Waals surface area contributed by atoms with Crippen molar-refractivity contribution < 1.29 is 4.74 Å². The van der Waals surface area contributed by atoms with E-state index in [0.717, 1.165) is 42.1 Å². The Bertz CT molecular complexity index is 561. The number of imidazole rings is 1. The van der Waals surface area contributed by atoms with E-state index in [2.05, 4.69) is 50.9 Å². The van der Waals surface area contributed by atoms with Crippen molar-refractivity contribution in [3.05, 3.63) is 28.5 Å². The van der Waals surface area contributed by atoms with E-state index < -0.39 is 0 Å². The highest BCUT2D eigenvalue weighted by Crippen LogP contribution is 2.26. The fourth-order valence-corrected chi connectivity index (χ4v) is 2.78. The quantitative estimate of drug-likeness (QED) is 0.926. The van der Waals surface area contributed by atoms with Crippen molar-refractivity contribution in [1.29, 1.82) is 0 Å². The summed E-state index contributed by atoms with van der Waals surface area (Å²) in [4.78, 5) is 4.74. The number of fused-ring (bicyclic) bond motifs is 1. The average molecular weight is 310 g/mol. The SMILES string of the molecule is CCn1c(C2CNCCO2)nc2cc(Br)ccc21. The van der Waals surface area contributed by atoms with Crippen molar-refractivity contribution in [3.63, 3.8) is 0 Å². The predicted molar refractivity (Wildman–Crippen MR) is 74.7 cm³/mol. The highest BCUT2D eigenvalue weighted by Gasteiger charge is 2.22. The van der Waals surface area contributed by atoms with E-state index in [1.54, 1.807) is 0 Å². The fraction of sp³-hybridized carbons (Fsp3) is 0.462. The third-order valence-electron chi connectivity index (χ3n) is 3.27. The average Bonchev–Trinajstić information content (AvgIpc) is 2.77. The van der Waals surface area contributed by atoms with Gasteiger partial charge in [-0.3, -0.25) is 0 Å². The molecule has 1 fully saturated rings. The lowest BCUT2D eigenvalue weighted by molar-refractivity contribution is 0.0204. The number of aryl methyl sites for hydroxylation is 1. The molecule has 1 saturated heterocycles. The Morgan fingerprint density at radius 1 is 1.56 bits per heavy atom. The molecule has 1 N–H and O–H groups in total. The highest BCUT2D eigenvalue weighted by atomic mass is 79.9. The maximum atomic E-state index is 5.81. The lowest BCUT2D eigenvalue weighted by atomic mass is 10.3. The molecule has 1 atom stereocenters. The van der Waals surface area contributed by atoms with Crippen LogP contribution in [0.1, 0.15) is 18.9 Å². The van der Waals surface area contributed by atoms with Gasteiger partial charge in [0.05, 0.1) is 17.6 Å². The van der Waals surface area contributed by atoms with Gasteiger partial charge in [0.1, 0.15) is 11.9 Å². The zero-order valence-corrected chi connectivity index (χ0v) is 11.9. The second-order valence-corrected chi connectivity index (χ2v) is 5.33. The first-order valence-corrected chi connectivity index (χ1v) is 7.07. The van der Waals surface area contributed by atoms with Crippen molar-refractivity contribution >= 4 is 27.0 Å². The van der Waals surface area contributed by atoms with Crippen LogP contribution in [-0.4, -0.2) is 29.2 Å². The lowest BCUT2D eigenvalue weighted by Crippen LogP contribution is -2.34. The van der Waals surface area contributed by atoms with E-state index in [1.807, 2.05) is 0 Å². The van der Waals surface area contributed by atoms with Crippen LogP contribution in [-0.2, 0) is 11.3 Å². The van der Waals surface area contributed by atoms with E-state index in [0.29, 0.717) is 0 Å². The van der Waals surface area contributed by atoms with E-state index >= 15 is 0 Å². The molecule has 1 aromatic carbocycles. The smallest absolute Gasteiger partial charge is 0.140 e. The van der Waals surface area contributed by atoms with Gasteiger partial charge in [-0.15, -0.1) is 0 Å². The summed E-state index contributed by atoms with van der Waals surface area (Å²) in [7, 11) is 0. The number of ether oxygens (including phenoxy) is 1. The van der Waals surface area contributed by atoms with Crippen LogP contribution < -0.4 is 5.32 Å². The van der Waals surface area contributed by atoms with Crippen molar-refractivity contribution in [2.75, 3.05) is 19.7 Å². The molecule has 4 nitrogen and oxygen atoms in total. The molecule has 18 heavy (non-hydrogen) atoms. The van der Waals surface area contributed by atoms with Gasteiger partial charge in [0.25, 0.3) is 0 Å². The zero-order valence-electron chi connectivity index (χ0n) is 10.3. The molecular weight excluding hydrogens is 294 g/mol. The predicted octanol–water partition coefficient (Wildman–Crippen LogP) is 2.48. The first-order valence-electron chi connectivity index (χ1n) is 6.27. The number of nitrogens with zero attached hydrogens (tertiary/aromatic N) is 2. The standard InChI is InChI=1S/C13H16BrN3O/c1-2-17-11-4-3-9(14)7-10(11)16-13(17)12-8-15-5-6-18-12/h3-4,7,12,15H,2,5-6,8H2,1H3. The maximum Gasteiger partial charge on any atom is 0.140 e. The van der Waals surface area contributed by atoms with E-state index in [4.69, 9.17) is 9.72 Å². The van der Waals surface area contributed by atoms with Gasteiger partial charge in [0, 0.05) is 24.1 Å². The number of morpholine rings is 1. The minimum atomic E-state index is 0.0601. The third kappa shape index (κ3) is 2.06. The van der Waals surface area contributed by atoms with Crippen LogP contribution in [0.2, 0.25) is 0 Å². The number of hydrogen-bond acceptors (Lipinski definition) is 3. The second-order valence-electron chi connectivity index (χ2n) is 4.41. The zero-order chi connectivity index (χ0) is 12.5. The fourth-order valence-electron chi connectivity index (χ4n) is 2.43. The Labute approximate surface area is 114 Å². The number of hydrogen-bond donors (Lipinski definition) is 1. The molecule has 0 bridgehead atoms. The molecule has 0 spiro atoms. The molecule has 0 radical (unpaired) electrons.